The monoisotopic (exact) mass is 277 g/mol. The molecule has 1 aliphatic heterocycles. The number of allylic oxidation sites excluding steroid dienone is 2. The zero-order valence-corrected chi connectivity index (χ0v) is 12.9. The molecule has 0 spiro atoms. The van der Waals surface area contributed by atoms with Crippen LogP contribution < -0.4 is 5.32 Å². The van der Waals surface area contributed by atoms with E-state index < -0.39 is 0 Å². The van der Waals surface area contributed by atoms with Crippen molar-refractivity contribution in [1.82, 2.24) is 10.2 Å². The van der Waals surface area contributed by atoms with Gasteiger partial charge in [0.05, 0.1) is 6.34 Å². The summed E-state index contributed by atoms with van der Waals surface area (Å²) >= 11 is 0. The van der Waals surface area contributed by atoms with Crippen molar-refractivity contribution in [1.29, 1.82) is 0 Å². The first-order chi connectivity index (χ1) is 9.97. The van der Waals surface area contributed by atoms with E-state index in [0.29, 0.717) is 0 Å². The SMILES string of the molecule is C1=CCCCC(N2CCCN=CNCCC2)CCCC1. The van der Waals surface area contributed by atoms with Gasteiger partial charge in [0, 0.05) is 32.2 Å². The first kappa shape index (κ1) is 15.6. The fourth-order valence-corrected chi connectivity index (χ4v) is 3.28. The minimum atomic E-state index is 0.810. The Morgan fingerprint density at radius 2 is 1.70 bits per heavy atom. The first-order valence-corrected chi connectivity index (χ1v) is 8.57. The van der Waals surface area contributed by atoms with Gasteiger partial charge < -0.3 is 10.2 Å². The van der Waals surface area contributed by atoms with Gasteiger partial charge in [0.2, 0.25) is 0 Å². The molecule has 1 unspecified atom stereocenters. The highest BCUT2D eigenvalue weighted by molar-refractivity contribution is 5.53. The second kappa shape index (κ2) is 9.98. The van der Waals surface area contributed by atoms with Crippen LogP contribution in [0.4, 0.5) is 0 Å². The molecular weight excluding hydrogens is 246 g/mol. The second-order valence-corrected chi connectivity index (χ2v) is 6.07. The summed E-state index contributed by atoms with van der Waals surface area (Å²) in [4.78, 5) is 7.16. The van der Waals surface area contributed by atoms with Crippen molar-refractivity contribution in [3.63, 3.8) is 0 Å². The third-order valence-corrected chi connectivity index (χ3v) is 4.43. The van der Waals surface area contributed by atoms with E-state index in [1.807, 2.05) is 6.34 Å². The lowest BCUT2D eigenvalue weighted by atomic mass is 9.98. The first-order valence-electron chi connectivity index (χ1n) is 8.57. The average Bonchev–Trinajstić information content (AvgIpc) is 2.50. The normalized spacial score (nSPS) is 27.7. The third kappa shape index (κ3) is 6.08. The predicted octanol–water partition coefficient (Wildman–Crippen LogP) is 3.37. The van der Waals surface area contributed by atoms with Gasteiger partial charge in [-0.1, -0.05) is 18.6 Å². The van der Waals surface area contributed by atoms with Gasteiger partial charge >= 0.3 is 0 Å². The molecule has 0 amide bonds. The molecule has 1 heterocycles. The number of aliphatic imine (C=N–C) groups is 1. The Morgan fingerprint density at radius 3 is 2.65 bits per heavy atom. The Balaban J connectivity index is 1.86. The van der Waals surface area contributed by atoms with Crippen LogP contribution in [0.15, 0.2) is 17.1 Å². The van der Waals surface area contributed by atoms with Crippen LogP contribution in [0.5, 0.6) is 0 Å². The van der Waals surface area contributed by atoms with Gasteiger partial charge in [-0.3, -0.25) is 4.99 Å². The van der Waals surface area contributed by atoms with E-state index in [9.17, 15) is 0 Å². The Labute approximate surface area is 124 Å². The molecule has 0 saturated heterocycles. The van der Waals surface area contributed by atoms with Crippen LogP contribution in [-0.2, 0) is 0 Å². The van der Waals surface area contributed by atoms with Crippen LogP contribution in [0.25, 0.3) is 0 Å². The van der Waals surface area contributed by atoms with E-state index in [4.69, 9.17) is 0 Å². The van der Waals surface area contributed by atoms with E-state index in [1.165, 1.54) is 70.9 Å². The predicted molar refractivity (Wildman–Crippen MR) is 87.4 cm³/mol. The van der Waals surface area contributed by atoms with Crippen molar-refractivity contribution >= 4 is 6.34 Å². The highest BCUT2D eigenvalue weighted by Gasteiger charge is 2.17. The van der Waals surface area contributed by atoms with E-state index in [2.05, 4.69) is 27.4 Å². The Bertz CT molecular complexity index is 269. The van der Waals surface area contributed by atoms with Gasteiger partial charge in [-0.25, -0.2) is 0 Å². The molecule has 0 bridgehead atoms. The summed E-state index contributed by atoms with van der Waals surface area (Å²) in [6, 6.07) is 0.810. The summed E-state index contributed by atoms with van der Waals surface area (Å²) in [5, 5.41) is 3.29. The molecule has 3 heteroatoms. The number of rotatable bonds is 1. The summed E-state index contributed by atoms with van der Waals surface area (Å²) in [6.45, 7) is 4.52. The zero-order chi connectivity index (χ0) is 13.9. The second-order valence-electron chi connectivity index (χ2n) is 6.07. The quantitative estimate of drug-likeness (QED) is 0.744. The maximum absolute atomic E-state index is 4.40. The summed E-state index contributed by atoms with van der Waals surface area (Å²) in [5.74, 6) is 0. The molecule has 1 aliphatic carbocycles. The molecule has 2 aliphatic rings. The Morgan fingerprint density at radius 1 is 0.900 bits per heavy atom. The molecule has 1 N–H and O–H groups in total. The fraction of sp³-hybridized carbons (Fsp3) is 0.824. The molecule has 0 aromatic heterocycles. The van der Waals surface area contributed by atoms with Crippen LogP contribution in [0, 0.1) is 0 Å². The Kier molecular flexibility index (Phi) is 7.76. The van der Waals surface area contributed by atoms with Crippen molar-refractivity contribution < 1.29 is 0 Å². The molecule has 20 heavy (non-hydrogen) atoms. The van der Waals surface area contributed by atoms with Crippen molar-refractivity contribution in [2.24, 2.45) is 4.99 Å². The van der Waals surface area contributed by atoms with Gasteiger partial charge in [-0.05, 0) is 51.4 Å². The zero-order valence-electron chi connectivity index (χ0n) is 12.9. The number of hydrogen-bond acceptors (Lipinski definition) is 3. The van der Waals surface area contributed by atoms with Crippen LogP contribution >= 0.6 is 0 Å². The molecule has 0 aromatic carbocycles. The standard InChI is InChI=1S/C17H31N3/c1-2-4-6-10-17(11-7-5-3-1)20-14-8-12-18-16-19-13-9-15-20/h1-2,16-17H,3-15H2,(H,18,19). The molecule has 0 saturated carbocycles. The summed E-state index contributed by atoms with van der Waals surface area (Å²) in [7, 11) is 0. The number of nitrogens with zero attached hydrogens (tertiary/aromatic N) is 2. The lowest BCUT2D eigenvalue weighted by molar-refractivity contribution is 0.168. The van der Waals surface area contributed by atoms with Crippen LogP contribution in [0.2, 0.25) is 0 Å². The molecule has 0 radical (unpaired) electrons. The van der Waals surface area contributed by atoms with Crippen molar-refractivity contribution in [2.45, 2.75) is 63.8 Å². The summed E-state index contributed by atoms with van der Waals surface area (Å²) < 4.78 is 0. The van der Waals surface area contributed by atoms with Crippen molar-refractivity contribution in [3.05, 3.63) is 12.2 Å². The maximum Gasteiger partial charge on any atom is 0.0823 e. The fourth-order valence-electron chi connectivity index (χ4n) is 3.28. The highest BCUT2D eigenvalue weighted by Crippen LogP contribution is 2.19. The van der Waals surface area contributed by atoms with Crippen LogP contribution in [-0.4, -0.2) is 43.5 Å². The lowest BCUT2D eigenvalue weighted by Gasteiger charge is -2.32. The molecule has 0 fully saturated rings. The summed E-state index contributed by atoms with van der Waals surface area (Å²) in [6.07, 6.45) is 18.6. The number of nitrogens with one attached hydrogen (secondary N) is 1. The van der Waals surface area contributed by atoms with Gasteiger partial charge in [-0.15, -0.1) is 0 Å². The topological polar surface area (TPSA) is 27.6 Å². The molecule has 3 nitrogen and oxygen atoms in total. The molecule has 2 rings (SSSR count). The minimum Gasteiger partial charge on any atom is -0.376 e. The molecule has 114 valence electrons. The molecule has 0 aromatic rings. The molecule has 1 atom stereocenters. The van der Waals surface area contributed by atoms with Crippen LogP contribution in [0.3, 0.4) is 0 Å². The lowest BCUT2D eigenvalue weighted by Crippen LogP contribution is -2.38. The van der Waals surface area contributed by atoms with E-state index in [1.54, 1.807) is 0 Å². The van der Waals surface area contributed by atoms with E-state index in [0.717, 1.165) is 19.1 Å². The largest absolute Gasteiger partial charge is 0.376 e. The van der Waals surface area contributed by atoms with Gasteiger partial charge in [0.25, 0.3) is 0 Å². The smallest absolute Gasteiger partial charge is 0.0823 e. The minimum absolute atomic E-state index is 0.810. The van der Waals surface area contributed by atoms with Gasteiger partial charge in [0.15, 0.2) is 0 Å². The third-order valence-electron chi connectivity index (χ3n) is 4.43. The van der Waals surface area contributed by atoms with Crippen molar-refractivity contribution in [2.75, 3.05) is 26.2 Å². The number of hydrogen-bond donors (Lipinski definition) is 1. The summed E-state index contributed by atoms with van der Waals surface area (Å²) in [5.41, 5.74) is 0. The highest BCUT2D eigenvalue weighted by atomic mass is 15.2. The molecular formula is C17H31N3. The van der Waals surface area contributed by atoms with Gasteiger partial charge in [0.1, 0.15) is 0 Å². The van der Waals surface area contributed by atoms with Gasteiger partial charge in [-0.2, -0.15) is 0 Å². The van der Waals surface area contributed by atoms with Crippen molar-refractivity contribution in [3.8, 4) is 0 Å². The maximum atomic E-state index is 4.40. The average molecular weight is 277 g/mol. The van der Waals surface area contributed by atoms with E-state index >= 15 is 0 Å². The van der Waals surface area contributed by atoms with E-state index in [-0.39, 0.29) is 0 Å². The van der Waals surface area contributed by atoms with Crippen LogP contribution in [0.1, 0.15) is 57.8 Å². The Hall–Kier alpha value is -0.830.